The lowest BCUT2D eigenvalue weighted by Gasteiger charge is -2.25. The third-order valence-corrected chi connectivity index (χ3v) is 22.9. The summed E-state index contributed by atoms with van der Waals surface area (Å²) in [6, 6.07) is 0. The van der Waals surface area contributed by atoms with Crippen molar-refractivity contribution in [3.05, 3.63) is 0 Å². The Bertz CT molecular complexity index is 1420. The van der Waals surface area contributed by atoms with Crippen LogP contribution in [0.2, 0.25) is 0 Å². The summed E-state index contributed by atoms with van der Waals surface area (Å²) in [6.45, 7) is 0. The highest BCUT2D eigenvalue weighted by atomic mass is 31.1. The molecular formula is C12H14O42P10. The molecule has 0 aromatic rings. The fourth-order valence-corrected chi connectivity index (χ4v) is 22.3. The van der Waals surface area contributed by atoms with E-state index in [0.29, 0.717) is 0 Å². The van der Waals surface area contributed by atoms with Gasteiger partial charge in [-0.05, 0) is 45.7 Å². The Morgan fingerprint density at radius 1 is 0.219 bits per heavy atom. The Morgan fingerprint density at radius 2 is 0.312 bits per heavy atom. The van der Waals surface area contributed by atoms with Crippen LogP contribution in [0.1, 0.15) is 0 Å². The molecular weight excluding hydrogens is 1130 g/mol. The van der Waals surface area contributed by atoms with Crippen LogP contribution < -0.4 is 52.6 Å². The fraction of sp³-hybridized carbons (Fsp3) is 1.00. The van der Waals surface area contributed by atoms with Crippen LogP contribution in [0.15, 0.2) is 0 Å². The van der Waals surface area contributed by atoms with Crippen LogP contribution in [-0.4, -0.2) is 79.0 Å². The molecule has 0 aromatic heterocycles. The Balaban J connectivity index is 0.000000640. The summed E-state index contributed by atoms with van der Waals surface area (Å²) >= 11 is 0. The monoisotopic (exact) mass is 1140 g/mol. The fourth-order valence-electron chi connectivity index (χ4n) is 5.72. The maximum absolute atomic E-state index is 12.5. The van der Waals surface area contributed by atoms with Crippen LogP contribution in [0.5, 0.6) is 0 Å². The average molecular weight is 1140 g/mol. The molecule has 0 bridgehead atoms. The number of aliphatic hydroxyl groups excluding tert-OH is 2. The van der Waals surface area contributed by atoms with Gasteiger partial charge in [-0.15, -0.1) is 0 Å². The van der Waals surface area contributed by atoms with Crippen LogP contribution in [0.3, 0.4) is 0 Å². The highest BCUT2D eigenvalue weighted by molar-refractivity contribution is 7.51. The van der Waals surface area contributed by atoms with Gasteiger partial charge in [-0.25, -0.2) is 50.4 Å². The molecule has 64 heavy (non-hydrogen) atoms. The minimum Gasteiger partial charge on any atom is -0.688 e. The molecule has 0 radical (unpaired) electrons. The second-order valence-corrected chi connectivity index (χ2v) is 23.3. The van der Waals surface area contributed by atoms with Crippen molar-refractivity contribution in [3.8, 4) is 0 Å². The van der Waals surface area contributed by atoms with E-state index in [1.807, 2.05) is 0 Å². The van der Waals surface area contributed by atoms with Gasteiger partial charge in [-0.2, -0.15) is 0 Å². The molecule has 0 aliphatic heterocycles. The van der Waals surface area contributed by atoms with E-state index < -0.39 is 149 Å². The van der Waals surface area contributed by atoms with Gasteiger partial charge >= 0.3 is 80.3 Å². The molecule has 18 unspecified atom stereocenters. The molecule has 52 heteroatoms. The van der Waals surface area contributed by atoms with Gasteiger partial charge < -0.3 is 62.8 Å². The predicted octanol–water partition coefficient (Wildman–Crippen LogP) is -7.93. The van der Waals surface area contributed by atoms with Crippen molar-refractivity contribution in [2.45, 2.75) is 68.8 Å². The molecule has 364 valence electrons. The van der Waals surface area contributed by atoms with E-state index >= 15 is 0 Å². The second kappa shape index (κ2) is 32.5. The van der Waals surface area contributed by atoms with E-state index in [1.165, 1.54) is 0 Å². The Kier molecular flexibility index (Phi) is 31.4. The highest BCUT2D eigenvalue weighted by Crippen LogP contribution is 2.65. The zero-order valence-corrected chi connectivity index (χ0v) is 37.6. The molecule has 2 rings (SSSR count). The van der Waals surface area contributed by atoms with Crippen molar-refractivity contribution in [1.29, 1.82) is 0 Å². The lowest BCUT2D eigenvalue weighted by Crippen LogP contribution is -2.58. The van der Waals surface area contributed by atoms with Gasteiger partial charge in [0.15, 0.2) is 12.2 Å². The summed E-state index contributed by atoms with van der Waals surface area (Å²) in [5, 5.41) is 153. The number of hydrogen-bond donors (Lipinski definition) is 2. The maximum atomic E-state index is 12.5. The summed E-state index contributed by atoms with van der Waals surface area (Å²) in [4.78, 5) is 0. The first-order valence-corrected chi connectivity index (χ1v) is 26.6. The Hall–Kier alpha value is -0.280. The van der Waals surface area contributed by atoms with E-state index in [0.717, 1.165) is 0 Å². The lowest BCUT2D eigenvalue weighted by molar-refractivity contribution is -0.780. The van der Waals surface area contributed by atoms with E-state index in [1.54, 1.807) is 0 Å². The van der Waals surface area contributed by atoms with Gasteiger partial charge in [-0.1, -0.05) is 0 Å². The van der Waals surface area contributed by atoms with Crippen molar-refractivity contribution in [1.82, 2.24) is 0 Å². The van der Waals surface area contributed by atoms with Crippen LogP contribution in [-0.2, 0) is 143 Å². The number of rotatable bonds is 30. The SMILES string of the molecule is O=[P+](OO[O-])C1C(O)C([P+](=O)OO[O-])C([P+](=O)OO[O-])C([P+](=O)OO[O-])C1[P+](=O)OO[O-].O=[P+](OO[O-])C1C(O)C([P+](=O)OO[O-])C([P+](=O)OO[O-])C([P+](=O)OO[O-])C1[P+](=O)OO[O-]. The molecule has 0 amide bonds. The molecule has 2 aliphatic carbocycles. The summed E-state index contributed by atoms with van der Waals surface area (Å²) in [5.74, 6) is 0. The quantitative estimate of drug-likeness (QED) is 0.0383. The van der Waals surface area contributed by atoms with Crippen LogP contribution >= 0.6 is 80.3 Å². The summed E-state index contributed by atoms with van der Waals surface area (Å²) in [6.07, 6.45) is -5.06. The molecule has 0 saturated heterocycles. The predicted molar refractivity (Wildman–Crippen MR) is 148 cm³/mol. The van der Waals surface area contributed by atoms with E-state index in [2.05, 4.69) is 97.1 Å². The molecule has 0 aromatic carbocycles. The largest absolute Gasteiger partial charge is 0.688 e. The number of aliphatic hydroxyl groups is 2. The normalized spacial score (nSPS) is 30.5. The van der Waals surface area contributed by atoms with Gasteiger partial charge in [0.1, 0.15) is 0 Å². The van der Waals surface area contributed by atoms with Crippen molar-refractivity contribution in [2.75, 3.05) is 0 Å². The standard InChI is InChI=1S/2C6H7O21P5/c2*7-1-2(28(13)23-18-8)4(30(15)25-20-10)6(32(17)27-22-12)5(31(16)26-21-11)3(1)29(14)24-19-9/h2*1-7H. The van der Waals surface area contributed by atoms with Gasteiger partial charge in [0.2, 0.25) is 0 Å². The maximum Gasteiger partial charge on any atom is 0.552 e. The van der Waals surface area contributed by atoms with E-state index in [4.69, 9.17) is 0 Å². The molecule has 0 spiro atoms. The van der Waals surface area contributed by atoms with Crippen molar-refractivity contribution in [2.24, 2.45) is 0 Å². The Labute approximate surface area is 354 Å². The summed E-state index contributed by atoms with van der Waals surface area (Å²) < 4.78 is 162. The second-order valence-electron chi connectivity index (χ2n) is 10.2. The minimum absolute atomic E-state index is 2.34. The molecule has 2 N–H and O–H groups in total. The summed E-state index contributed by atoms with van der Waals surface area (Å²) in [7, 11) is -37.1. The van der Waals surface area contributed by atoms with Crippen molar-refractivity contribution in [3.63, 3.8) is 0 Å². The lowest BCUT2D eigenvalue weighted by atomic mass is 9.94. The smallest absolute Gasteiger partial charge is 0.552 e. The topological polar surface area (TPSA) is 626 Å². The van der Waals surface area contributed by atoms with E-state index in [-0.39, 0.29) is 0 Å². The van der Waals surface area contributed by atoms with Gasteiger partial charge in [0.25, 0.3) is 56.6 Å². The van der Waals surface area contributed by atoms with Crippen molar-refractivity contribution >= 4 is 80.3 Å². The van der Waals surface area contributed by atoms with Gasteiger partial charge in [0.05, 0.1) is 0 Å². The average Bonchev–Trinajstić information content (AvgIpc) is 3.23. The van der Waals surface area contributed by atoms with Crippen LogP contribution in [0, 0.1) is 0 Å². The van der Waals surface area contributed by atoms with Crippen LogP contribution in [0.25, 0.3) is 0 Å². The highest BCUT2D eigenvalue weighted by Gasteiger charge is 2.85. The Morgan fingerprint density at radius 3 is 0.422 bits per heavy atom. The van der Waals surface area contributed by atoms with Crippen LogP contribution in [0.4, 0.5) is 0 Å². The van der Waals surface area contributed by atoms with E-state index in [9.17, 15) is 108 Å². The third kappa shape index (κ3) is 16.4. The molecule has 2 aliphatic rings. The zero-order valence-electron chi connectivity index (χ0n) is 28.6. The van der Waals surface area contributed by atoms with Gasteiger partial charge in [-0.3, -0.25) is 0 Å². The summed E-state index contributed by atoms with van der Waals surface area (Å²) in [5.41, 5.74) is -23.5. The number of hydrogen-bond acceptors (Lipinski definition) is 42. The zero-order chi connectivity index (χ0) is 48.8. The van der Waals surface area contributed by atoms with Crippen molar-refractivity contribution < 1.29 is 206 Å². The first-order valence-electron chi connectivity index (χ1n) is 14.1. The molecule has 0 heterocycles. The molecule has 2 saturated carbocycles. The minimum atomic E-state index is -3.75. The molecule has 18 atom stereocenters. The first kappa shape index (κ1) is 61.7. The first-order chi connectivity index (χ1) is 30.4. The third-order valence-electron chi connectivity index (χ3n) is 7.67. The molecule has 42 nitrogen and oxygen atoms in total. The van der Waals surface area contributed by atoms with Gasteiger partial charge in [0, 0.05) is 46.7 Å². The molecule has 2 fully saturated rings.